The minimum Gasteiger partial charge on any atom is -0.379 e. The van der Waals surface area contributed by atoms with Gasteiger partial charge in [-0.2, -0.15) is 4.98 Å². The smallest absolute Gasteiger partial charge is 0.348 e. The lowest BCUT2D eigenvalue weighted by molar-refractivity contribution is -0.113. The van der Waals surface area contributed by atoms with E-state index in [1.54, 1.807) is 0 Å². The molecule has 2 aliphatic rings. The number of anilines is 1. The van der Waals surface area contributed by atoms with Crippen molar-refractivity contribution in [3.05, 3.63) is 52.1 Å². The van der Waals surface area contributed by atoms with Crippen LogP contribution in [0.5, 0.6) is 0 Å². The van der Waals surface area contributed by atoms with Crippen molar-refractivity contribution in [2.24, 2.45) is 0 Å². The molecule has 1 saturated heterocycles. The topological polar surface area (TPSA) is 76.5 Å². The Labute approximate surface area is 187 Å². The lowest BCUT2D eigenvalue weighted by Gasteiger charge is -2.27. The molecule has 0 radical (unpaired) electrons. The van der Waals surface area contributed by atoms with Crippen LogP contribution in [0.1, 0.15) is 30.5 Å². The van der Waals surface area contributed by atoms with E-state index in [0.29, 0.717) is 6.54 Å². The zero-order valence-electron chi connectivity index (χ0n) is 17.8. The molecule has 1 amide bonds. The van der Waals surface area contributed by atoms with Gasteiger partial charge in [-0.05, 0) is 44.2 Å². The third-order valence-electron chi connectivity index (χ3n) is 5.81. The first-order valence-corrected chi connectivity index (χ1v) is 12.1. The summed E-state index contributed by atoms with van der Waals surface area (Å²) < 4.78 is 7.28. The molecule has 8 heteroatoms. The average Bonchev–Trinajstić information content (AvgIpc) is 2.80. The van der Waals surface area contributed by atoms with E-state index in [4.69, 9.17) is 4.74 Å². The Kier molecular flexibility index (Phi) is 7.77. The predicted molar refractivity (Wildman–Crippen MR) is 123 cm³/mol. The highest BCUT2D eigenvalue weighted by Gasteiger charge is 2.21. The van der Waals surface area contributed by atoms with Crippen molar-refractivity contribution in [1.82, 2.24) is 14.5 Å². The minimum absolute atomic E-state index is 0.0859. The van der Waals surface area contributed by atoms with Gasteiger partial charge in [0, 0.05) is 43.1 Å². The van der Waals surface area contributed by atoms with Crippen LogP contribution in [0.2, 0.25) is 0 Å². The summed E-state index contributed by atoms with van der Waals surface area (Å²) in [5, 5.41) is 3.62. The molecule has 7 nitrogen and oxygen atoms in total. The van der Waals surface area contributed by atoms with E-state index in [9.17, 15) is 9.59 Å². The number of benzene rings is 1. The Balaban J connectivity index is 1.41. The van der Waals surface area contributed by atoms with Crippen molar-refractivity contribution < 1.29 is 9.53 Å². The molecule has 0 saturated carbocycles. The van der Waals surface area contributed by atoms with Gasteiger partial charge in [0.25, 0.3) is 0 Å². The molecule has 1 aliphatic heterocycles. The third-order valence-corrected chi connectivity index (χ3v) is 6.83. The number of nitrogens with zero attached hydrogens (tertiary/aromatic N) is 3. The van der Waals surface area contributed by atoms with Gasteiger partial charge in [-0.25, -0.2) is 4.79 Å². The number of hydrogen-bond acceptors (Lipinski definition) is 6. The van der Waals surface area contributed by atoms with Gasteiger partial charge in [0.15, 0.2) is 0 Å². The number of thioether (sulfide) groups is 1. The highest BCUT2D eigenvalue weighted by atomic mass is 32.2. The summed E-state index contributed by atoms with van der Waals surface area (Å²) in [7, 11) is 0. The fraction of sp³-hybridized carbons (Fsp3) is 0.522. The number of amides is 1. The molecule has 2 heterocycles. The van der Waals surface area contributed by atoms with E-state index in [-0.39, 0.29) is 17.3 Å². The maximum absolute atomic E-state index is 12.8. The van der Waals surface area contributed by atoms with E-state index in [1.807, 2.05) is 34.9 Å². The molecular formula is C23H30N4O3S. The monoisotopic (exact) mass is 442 g/mol. The van der Waals surface area contributed by atoms with Gasteiger partial charge in [0.1, 0.15) is 5.03 Å². The van der Waals surface area contributed by atoms with E-state index in [2.05, 4.69) is 15.2 Å². The van der Waals surface area contributed by atoms with Gasteiger partial charge in [-0.15, -0.1) is 0 Å². The second kappa shape index (κ2) is 10.9. The van der Waals surface area contributed by atoms with E-state index < -0.39 is 0 Å². The zero-order valence-corrected chi connectivity index (χ0v) is 18.7. The summed E-state index contributed by atoms with van der Waals surface area (Å²) in [6, 6.07) is 9.41. The van der Waals surface area contributed by atoms with Crippen molar-refractivity contribution in [3.8, 4) is 0 Å². The maximum atomic E-state index is 12.8. The molecule has 0 atom stereocenters. The summed E-state index contributed by atoms with van der Waals surface area (Å²) in [6.07, 6.45) is 4.96. The van der Waals surface area contributed by atoms with Crippen molar-refractivity contribution in [2.75, 3.05) is 43.9 Å². The lowest BCUT2D eigenvalue weighted by Crippen LogP contribution is -2.38. The van der Waals surface area contributed by atoms with Crippen LogP contribution in [-0.2, 0) is 28.9 Å². The molecule has 0 unspecified atom stereocenters. The molecule has 1 fully saturated rings. The van der Waals surface area contributed by atoms with Crippen LogP contribution in [0.3, 0.4) is 0 Å². The molecule has 2 aromatic rings. The molecule has 31 heavy (non-hydrogen) atoms. The standard InChI is InChI=1S/C23H30N4O3S/c28-21(24-18-7-2-1-3-8-18)17-31-22-19-9-4-5-10-20(19)27(23(29)25-22)12-6-11-26-13-15-30-16-14-26/h1-3,7-8H,4-6,9-17H2,(H,24,28). The summed E-state index contributed by atoms with van der Waals surface area (Å²) >= 11 is 1.37. The summed E-state index contributed by atoms with van der Waals surface area (Å²) in [6.45, 7) is 5.19. The van der Waals surface area contributed by atoms with E-state index in [0.717, 1.165) is 86.9 Å². The van der Waals surface area contributed by atoms with Crippen molar-refractivity contribution in [1.29, 1.82) is 0 Å². The van der Waals surface area contributed by atoms with Crippen molar-refractivity contribution in [2.45, 2.75) is 43.7 Å². The van der Waals surface area contributed by atoms with Crippen LogP contribution in [0, 0.1) is 0 Å². The number of fused-ring (bicyclic) bond motifs is 1. The van der Waals surface area contributed by atoms with Gasteiger partial charge in [0.05, 0.1) is 19.0 Å². The van der Waals surface area contributed by atoms with E-state index in [1.165, 1.54) is 11.8 Å². The van der Waals surface area contributed by atoms with Crippen molar-refractivity contribution in [3.63, 3.8) is 0 Å². The lowest BCUT2D eigenvalue weighted by atomic mass is 9.97. The van der Waals surface area contributed by atoms with Crippen LogP contribution in [0.4, 0.5) is 5.69 Å². The molecule has 0 bridgehead atoms. The molecule has 1 N–H and O–H groups in total. The number of morpholine rings is 1. The van der Waals surface area contributed by atoms with Crippen LogP contribution in [0.15, 0.2) is 40.2 Å². The third kappa shape index (κ3) is 5.96. The molecule has 166 valence electrons. The van der Waals surface area contributed by atoms with Crippen LogP contribution in [-0.4, -0.2) is 59.0 Å². The minimum atomic E-state index is -0.186. The number of aromatic nitrogens is 2. The fourth-order valence-corrected chi connectivity index (χ4v) is 5.10. The van der Waals surface area contributed by atoms with E-state index >= 15 is 0 Å². The van der Waals surface area contributed by atoms with Gasteiger partial charge < -0.3 is 10.1 Å². The number of para-hydroxylation sites is 1. The second-order valence-corrected chi connectivity index (χ2v) is 8.96. The Hall–Kier alpha value is -2.16. The number of nitrogens with one attached hydrogen (secondary N) is 1. The Bertz CT molecular complexity index is 942. The first-order valence-electron chi connectivity index (χ1n) is 11.1. The largest absolute Gasteiger partial charge is 0.379 e. The summed E-state index contributed by atoms with van der Waals surface area (Å²) in [5.41, 5.74) is 2.88. The Morgan fingerprint density at radius 3 is 2.68 bits per heavy atom. The fourth-order valence-electron chi connectivity index (χ4n) is 4.23. The Morgan fingerprint density at radius 1 is 1.10 bits per heavy atom. The molecule has 0 spiro atoms. The predicted octanol–water partition coefficient (Wildman–Crippen LogP) is 2.58. The molecule has 1 aromatic heterocycles. The average molecular weight is 443 g/mol. The molecule has 4 rings (SSSR count). The van der Waals surface area contributed by atoms with Gasteiger partial charge in [-0.3, -0.25) is 14.3 Å². The Morgan fingerprint density at radius 2 is 1.87 bits per heavy atom. The first kappa shape index (κ1) is 22.0. The quantitative estimate of drug-likeness (QED) is 0.500. The van der Waals surface area contributed by atoms with Crippen LogP contribution in [0.25, 0.3) is 0 Å². The normalized spacial score (nSPS) is 16.6. The van der Waals surface area contributed by atoms with Crippen LogP contribution < -0.4 is 11.0 Å². The van der Waals surface area contributed by atoms with Gasteiger partial charge >= 0.3 is 5.69 Å². The number of carbonyl (C=O) groups is 1. The van der Waals surface area contributed by atoms with Gasteiger partial charge in [0.2, 0.25) is 5.91 Å². The highest BCUT2D eigenvalue weighted by molar-refractivity contribution is 8.00. The van der Waals surface area contributed by atoms with Crippen molar-refractivity contribution >= 4 is 23.4 Å². The molecule has 1 aromatic carbocycles. The summed E-state index contributed by atoms with van der Waals surface area (Å²) in [4.78, 5) is 32.0. The number of ether oxygens (including phenoxy) is 1. The summed E-state index contributed by atoms with van der Waals surface area (Å²) in [5.74, 6) is 0.159. The highest BCUT2D eigenvalue weighted by Crippen LogP contribution is 2.28. The maximum Gasteiger partial charge on any atom is 0.348 e. The van der Waals surface area contributed by atoms with Gasteiger partial charge in [-0.1, -0.05) is 30.0 Å². The number of carbonyl (C=O) groups excluding carboxylic acids is 1. The SMILES string of the molecule is O=C(CSc1nc(=O)n(CCCN2CCOCC2)c2c1CCCC2)Nc1ccccc1. The first-order chi connectivity index (χ1) is 15.2. The zero-order chi connectivity index (χ0) is 21.5. The number of rotatable bonds is 8. The molecule has 1 aliphatic carbocycles. The molecular weight excluding hydrogens is 412 g/mol. The van der Waals surface area contributed by atoms with Crippen LogP contribution >= 0.6 is 11.8 Å². The number of hydrogen-bond donors (Lipinski definition) is 1. The second-order valence-electron chi connectivity index (χ2n) is 7.99.